The highest BCUT2D eigenvalue weighted by molar-refractivity contribution is 5.74. The van der Waals surface area contributed by atoms with E-state index in [1.807, 2.05) is 18.2 Å². The molecule has 0 amide bonds. The lowest BCUT2D eigenvalue weighted by Gasteiger charge is -2.30. The summed E-state index contributed by atoms with van der Waals surface area (Å²) in [6.07, 6.45) is 0.987. The molecule has 94 valence electrons. The lowest BCUT2D eigenvalue weighted by atomic mass is 10.2. The summed E-state index contributed by atoms with van der Waals surface area (Å²) in [6.45, 7) is 6.10. The Morgan fingerprint density at radius 1 is 1.35 bits per heavy atom. The fourth-order valence-electron chi connectivity index (χ4n) is 1.95. The molecule has 0 atom stereocenters. The second-order valence-electron chi connectivity index (χ2n) is 4.14. The van der Waals surface area contributed by atoms with Gasteiger partial charge in [0.25, 0.3) is 0 Å². The molecule has 0 saturated carbocycles. The lowest BCUT2D eigenvalue weighted by molar-refractivity contribution is 0.122. The van der Waals surface area contributed by atoms with Crippen molar-refractivity contribution in [2.24, 2.45) is 0 Å². The molecule has 1 aliphatic rings. The SMILES string of the molecule is CCCOc1cccc(N2CCOCC2)c1N. The normalized spacial score (nSPS) is 15.9. The van der Waals surface area contributed by atoms with Crippen LogP contribution in [0.2, 0.25) is 0 Å². The number of hydrogen-bond donors (Lipinski definition) is 1. The van der Waals surface area contributed by atoms with Crippen molar-refractivity contribution in [2.45, 2.75) is 13.3 Å². The van der Waals surface area contributed by atoms with E-state index < -0.39 is 0 Å². The van der Waals surface area contributed by atoms with Crippen LogP contribution in [0.15, 0.2) is 18.2 Å². The van der Waals surface area contributed by atoms with Crippen LogP contribution in [0.4, 0.5) is 11.4 Å². The smallest absolute Gasteiger partial charge is 0.144 e. The van der Waals surface area contributed by atoms with Crippen LogP contribution in [0.3, 0.4) is 0 Å². The second-order valence-corrected chi connectivity index (χ2v) is 4.14. The Balaban J connectivity index is 2.15. The summed E-state index contributed by atoms with van der Waals surface area (Å²) in [5, 5.41) is 0. The average Bonchev–Trinajstić information content (AvgIpc) is 2.39. The van der Waals surface area contributed by atoms with Gasteiger partial charge in [-0.15, -0.1) is 0 Å². The van der Waals surface area contributed by atoms with Crippen molar-refractivity contribution < 1.29 is 9.47 Å². The molecule has 1 aromatic rings. The van der Waals surface area contributed by atoms with Crippen molar-refractivity contribution >= 4 is 11.4 Å². The molecule has 4 heteroatoms. The number of ether oxygens (including phenoxy) is 2. The minimum absolute atomic E-state index is 0.705. The van der Waals surface area contributed by atoms with E-state index in [0.29, 0.717) is 6.61 Å². The Morgan fingerprint density at radius 2 is 2.12 bits per heavy atom. The summed E-state index contributed by atoms with van der Waals surface area (Å²) in [5.74, 6) is 0.788. The number of anilines is 2. The zero-order chi connectivity index (χ0) is 12.1. The van der Waals surface area contributed by atoms with Crippen LogP contribution in [0.5, 0.6) is 5.75 Å². The summed E-state index contributed by atoms with van der Waals surface area (Å²) >= 11 is 0. The predicted molar refractivity (Wildman–Crippen MR) is 69.7 cm³/mol. The zero-order valence-electron chi connectivity index (χ0n) is 10.3. The molecule has 0 aliphatic carbocycles. The molecular weight excluding hydrogens is 216 g/mol. The number of benzene rings is 1. The molecule has 1 aromatic carbocycles. The van der Waals surface area contributed by atoms with E-state index in [9.17, 15) is 0 Å². The first-order valence-corrected chi connectivity index (χ1v) is 6.17. The largest absolute Gasteiger partial charge is 0.491 e. The molecule has 0 unspecified atom stereocenters. The van der Waals surface area contributed by atoms with E-state index in [2.05, 4.69) is 11.8 Å². The number of rotatable bonds is 4. The minimum atomic E-state index is 0.705. The average molecular weight is 236 g/mol. The number of nitrogen functional groups attached to an aromatic ring is 1. The predicted octanol–water partition coefficient (Wildman–Crippen LogP) is 1.89. The quantitative estimate of drug-likeness (QED) is 0.811. The highest BCUT2D eigenvalue weighted by Crippen LogP contribution is 2.32. The number of nitrogens with zero attached hydrogens (tertiary/aromatic N) is 1. The summed E-state index contributed by atoms with van der Waals surface area (Å²) in [4.78, 5) is 2.25. The fourth-order valence-corrected chi connectivity index (χ4v) is 1.95. The van der Waals surface area contributed by atoms with Crippen LogP contribution in [-0.4, -0.2) is 32.9 Å². The van der Waals surface area contributed by atoms with Gasteiger partial charge in [0.1, 0.15) is 5.75 Å². The molecule has 0 bridgehead atoms. The third kappa shape index (κ3) is 2.82. The molecule has 0 radical (unpaired) electrons. The summed E-state index contributed by atoms with van der Waals surface area (Å²) in [6, 6.07) is 5.96. The van der Waals surface area contributed by atoms with Gasteiger partial charge in [0, 0.05) is 13.1 Å². The van der Waals surface area contributed by atoms with Gasteiger partial charge in [0.15, 0.2) is 0 Å². The molecule has 1 heterocycles. The topological polar surface area (TPSA) is 47.7 Å². The van der Waals surface area contributed by atoms with Gasteiger partial charge in [-0.05, 0) is 18.6 Å². The first-order valence-electron chi connectivity index (χ1n) is 6.17. The van der Waals surface area contributed by atoms with Gasteiger partial charge in [-0.1, -0.05) is 13.0 Å². The van der Waals surface area contributed by atoms with Crippen molar-refractivity contribution in [1.82, 2.24) is 0 Å². The van der Waals surface area contributed by atoms with Crippen molar-refractivity contribution in [3.8, 4) is 5.75 Å². The molecule has 17 heavy (non-hydrogen) atoms. The second kappa shape index (κ2) is 5.77. The van der Waals surface area contributed by atoms with Gasteiger partial charge in [-0.3, -0.25) is 0 Å². The van der Waals surface area contributed by atoms with Crippen LogP contribution in [0.25, 0.3) is 0 Å². The van der Waals surface area contributed by atoms with Crippen molar-refractivity contribution in [3.63, 3.8) is 0 Å². The van der Waals surface area contributed by atoms with E-state index in [0.717, 1.165) is 49.8 Å². The van der Waals surface area contributed by atoms with E-state index in [4.69, 9.17) is 15.2 Å². The van der Waals surface area contributed by atoms with Crippen molar-refractivity contribution in [3.05, 3.63) is 18.2 Å². The standard InChI is InChI=1S/C13H20N2O2/c1-2-8-17-12-5-3-4-11(13(12)14)15-6-9-16-10-7-15/h3-5H,2,6-10,14H2,1H3. The van der Waals surface area contributed by atoms with Crippen LogP contribution in [-0.2, 0) is 4.74 Å². The van der Waals surface area contributed by atoms with Crippen LogP contribution < -0.4 is 15.4 Å². The maximum Gasteiger partial charge on any atom is 0.144 e. The van der Waals surface area contributed by atoms with Crippen LogP contribution >= 0.6 is 0 Å². The van der Waals surface area contributed by atoms with Gasteiger partial charge in [-0.25, -0.2) is 0 Å². The summed E-state index contributed by atoms with van der Waals surface area (Å²) in [5.41, 5.74) is 7.94. The van der Waals surface area contributed by atoms with E-state index in [-0.39, 0.29) is 0 Å². The van der Waals surface area contributed by atoms with Gasteiger partial charge in [0.2, 0.25) is 0 Å². The van der Waals surface area contributed by atoms with E-state index in [1.54, 1.807) is 0 Å². The monoisotopic (exact) mass is 236 g/mol. The summed E-state index contributed by atoms with van der Waals surface area (Å²) in [7, 11) is 0. The van der Waals surface area contributed by atoms with Crippen LogP contribution in [0.1, 0.15) is 13.3 Å². The molecule has 2 rings (SSSR count). The molecule has 4 nitrogen and oxygen atoms in total. The van der Waals surface area contributed by atoms with E-state index in [1.165, 1.54) is 0 Å². The first kappa shape index (κ1) is 12.0. The molecule has 2 N–H and O–H groups in total. The van der Waals surface area contributed by atoms with Gasteiger partial charge >= 0.3 is 0 Å². The number of nitrogens with two attached hydrogens (primary N) is 1. The van der Waals surface area contributed by atoms with Gasteiger partial charge in [-0.2, -0.15) is 0 Å². The third-order valence-corrected chi connectivity index (χ3v) is 2.86. The lowest BCUT2D eigenvalue weighted by Crippen LogP contribution is -2.36. The number of morpholine rings is 1. The van der Waals surface area contributed by atoms with E-state index >= 15 is 0 Å². The molecule has 0 spiro atoms. The Hall–Kier alpha value is -1.42. The highest BCUT2D eigenvalue weighted by atomic mass is 16.5. The summed E-state index contributed by atoms with van der Waals surface area (Å²) < 4.78 is 11.0. The van der Waals surface area contributed by atoms with Crippen molar-refractivity contribution in [2.75, 3.05) is 43.5 Å². The van der Waals surface area contributed by atoms with Crippen LogP contribution in [0, 0.1) is 0 Å². The Labute approximate surface area is 102 Å². The number of hydrogen-bond acceptors (Lipinski definition) is 4. The Kier molecular flexibility index (Phi) is 4.09. The Bertz CT molecular complexity index is 362. The highest BCUT2D eigenvalue weighted by Gasteiger charge is 2.15. The third-order valence-electron chi connectivity index (χ3n) is 2.86. The minimum Gasteiger partial charge on any atom is -0.491 e. The van der Waals surface area contributed by atoms with Gasteiger partial charge < -0.3 is 20.1 Å². The number of para-hydroxylation sites is 1. The zero-order valence-corrected chi connectivity index (χ0v) is 10.3. The molecule has 0 aromatic heterocycles. The molecule has 1 fully saturated rings. The molecule has 1 saturated heterocycles. The maximum absolute atomic E-state index is 6.15. The van der Waals surface area contributed by atoms with Gasteiger partial charge in [0.05, 0.1) is 31.2 Å². The maximum atomic E-state index is 6.15. The Morgan fingerprint density at radius 3 is 2.82 bits per heavy atom. The first-order chi connectivity index (χ1) is 8.33. The fraction of sp³-hybridized carbons (Fsp3) is 0.538. The molecule has 1 aliphatic heterocycles. The molecular formula is C13H20N2O2. The van der Waals surface area contributed by atoms with Crippen molar-refractivity contribution in [1.29, 1.82) is 0 Å².